The topological polar surface area (TPSA) is 97.1 Å². The van der Waals surface area contributed by atoms with E-state index in [0.29, 0.717) is 17.6 Å². The molecule has 0 spiro atoms. The summed E-state index contributed by atoms with van der Waals surface area (Å²) in [6, 6.07) is 17.7. The number of phenols is 1. The molecule has 4 rings (SSSR count). The number of aromatic nitrogens is 2. The summed E-state index contributed by atoms with van der Waals surface area (Å²) in [5.74, 6) is 1.78. The monoisotopic (exact) mass is 442 g/mol. The van der Waals surface area contributed by atoms with Gasteiger partial charge in [0.25, 0.3) is 0 Å². The lowest BCUT2D eigenvalue weighted by Gasteiger charge is -2.20. The molecular formula is C26H30N6O. The first-order chi connectivity index (χ1) is 16.0. The van der Waals surface area contributed by atoms with Crippen LogP contribution >= 0.6 is 0 Å². The maximum absolute atomic E-state index is 9.45. The van der Waals surface area contributed by atoms with Gasteiger partial charge in [-0.05, 0) is 55.2 Å². The normalized spacial score (nSPS) is 15.4. The van der Waals surface area contributed by atoms with Crippen molar-refractivity contribution in [2.75, 3.05) is 23.3 Å². The van der Waals surface area contributed by atoms with Crippen molar-refractivity contribution in [2.24, 2.45) is 0 Å². The van der Waals surface area contributed by atoms with Gasteiger partial charge in [-0.25, -0.2) is 4.98 Å². The summed E-state index contributed by atoms with van der Waals surface area (Å²) in [6.45, 7) is 6.65. The molecule has 2 heterocycles. The van der Waals surface area contributed by atoms with Crippen molar-refractivity contribution >= 4 is 17.5 Å². The average molecular weight is 443 g/mol. The van der Waals surface area contributed by atoms with Crippen LogP contribution in [-0.2, 0) is 13.0 Å². The molecule has 1 aliphatic rings. The predicted octanol–water partition coefficient (Wildman–Crippen LogP) is 4.43. The van der Waals surface area contributed by atoms with E-state index in [-0.39, 0.29) is 5.75 Å². The van der Waals surface area contributed by atoms with Crippen molar-refractivity contribution in [3.05, 3.63) is 70.9 Å². The first kappa shape index (κ1) is 22.6. The predicted molar refractivity (Wildman–Crippen MR) is 131 cm³/mol. The van der Waals surface area contributed by atoms with Crippen molar-refractivity contribution in [3.8, 4) is 11.8 Å². The highest BCUT2D eigenvalue weighted by Gasteiger charge is 2.24. The van der Waals surface area contributed by atoms with E-state index in [1.165, 1.54) is 0 Å². The van der Waals surface area contributed by atoms with E-state index in [1.807, 2.05) is 37.3 Å². The zero-order valence-corrected chi connectivity index (χ0v) is 19.2. The minimum atomic E-state index is 0.288. The average Bonchev–Trinajstić information content (AvgIpc) is 3.29. The first-order valence-electron chi connectivity index (χ1n) is 11.5. The van der Waals surface area contributed by atoms with Crippen LogP contribution in [0.15, 0.2) is 48.5 Å². The zero-order chi connectivity index (χ0) is 23.2. The summed E-state index contributed by atoms with van der Waals surface area (Å²) in [4.78, 5) is 11.8. The molecule has 7 nitrogen and oxygen atoms in total. The summed E-state index contributed by atoms with van der Waals surface area (Å²) < 4.78 is 0. The Morgan fingerprint density at radius 2 is 1.97 bits per heavy atom. The number of rotatable bonds is 8. The Balaban J connectivity index is 1.46. The fourth-order valence-electron chi connectivity index (χ4n) is 4.05. The molecule has 0 saturated carbocycles. The molecule has 0 radical (unpaired) electrons. The van der Waals surface area contributed by atoms with Gasteiger partial charge in [-0.3, -0.25) is 0 Å². The van der Waals surface area contributed by atoms with Crippen molar-refractivity contribution in [3.63, 3.8) is 0 Å². The molecule has 1 saturated heterocycles. The molecule has 3 N–H and O–H groups in total. The number of aryl methyl sites for hydroxylation is 2. The first-order valence-corrected chi connectivity index (χ1v) is 11.5. The fraction of sp³-hybridized carbons (Fsp3) is 0.346. The molecular weight excluding hydrogens is 412 g/mol. The van der Waals surface area contributed by atoms with Crippen LogP contribution in [-0.4, -0.2) is 34.2 Å². The van der Waals surface area contributed by atoms with Gasteiger partial charge in [0.05, 0.1) is 11.6 Å². The van der Waals surface area contributed by atoms with Crippen molar-refractivity contribution in [2.45, 2.75) is 45.7 Å². The summed E-state index contributed by atoms with van der Waals surface area (Å²) >= 11 is 0. The Morgan fingerprint density at radius 3 is 2.73 bits per heavy atom. The number of nitrogens with one attached hydrogen (secondary N) is 2. The Kier molecular flexibility index (Phi) is 7.06. The second kappa shape index (κ2) is 10.3. The standard InChI is InChI=1S/C26H30N6O/c1-3-4-21-14-25(31-26(29-21)30-22-8-5-18(2)20(13-22)15-27)32-12-11-23(17-32)28-16-19-6-9-24(33)10-7-19/h5-10,13-14,23,28,33H,3-4,11-12,16-17H2,1-2H3,(H,29,30,31). The zero-order valence-electron chi connectivity index (χ0n) is 19.2. The summed E-state index contributed by atoms with van der Waals surface area (Å²) in [7, 11) is 0. The van der Waals surface area contributed by atoms with Crippen LogP contribution in [0.25, 0.3) is 0 Å². The van der Waals surface area contributed by atoms with E-state index in [9.17, 15) is 10.4 Å². The molecule has 3 aromatic rings. The highest BCUT2D eigenvalue weighted by molar-refractivity contribution is 5.59. The van der Waals surface area contributed by atoms with Crippen LogP contribution in [0.1, 0.15) is 42.1 Å². The Hall–Kier alpha value is -3.63. The molecule has 0 aliphatic carbocycles. The fourth-order valence-corrected chi connectivity index (χ4v) is 4.05. The number of nitrogens with zero attached hydrogens (tertiary/aromatic N) is 4. The van der Waals surface area contributed by atoms with Crippen LogP contribution in [0.4, 0.5) is 17.5 Å². The van der Waals surface area contributed by atoms with Crippen LogP contribution in [0.5, 0.6) is 5.75 Å². The molecule has 7 heteroatoms. The molecule has 1 aliphatic heterocycles. The molecule has 1 aromatic heterocycles. The number of anilines is 3. The number of hydrogen-bond donors (Lipinski definition) is 3. The van der Waals surface area contributed by atoms with Gasteiger partial charge in [-0.1, -0.05) is 31.5 Å². The molecule has 33 heavy (non-hydrogen) atoms. The number of phenolic OH excluding ortho intramolecular Hbond substituents is 1. The lowest BCUT2D eigenvalue weighted by atomic mass is 10.1. The Morgan fingerprint density at radius 1 is 1.15 bits per heavy atom. The minimum Gasteiger partial charge on any atom is -0.508 e. The molecule has 0 bridgehead atoms. The van der Waals surface area contributed by atoms with Gasteiger partial charge in [0, 0.05) is 43.1 Å². The third-order valence-corrected chi connectivity index (χ3v) is 5.93. The van der Waals surface area contributed by atoms with E-state index in [0.717, 1.165) is 67.2 Å². The van der Waals surface area contributed by atoms with Gasteiger partial charge in [0.1, 0.15) is 11.6 Å². The van der Waals surface area contributed by atoms with E-state index in [1.54, 1.807) is 12.1 Å². The summed E-state index contributed by atoms with van der Waals surface area (Å²) in [6.07, 6.45) is 2.94. The molecule has 2 aromatic carbocycles. The molecule has 1 fully saturated rings. The van der Waals surface area contributed by atoms with Crippen LogP contribution in [0, 0.1) is 18.3 Å². The van der Waals surface area contributed by atoms with E-state index in [2.05, 4.69) is 34.6 Å². The van der Waals surface area contributed by atoms with E-state index >= 15 is 0 Å². The van der Waals surface area contributed by atoms with Gasteiger partial charge in [-0.15, -0.1) is 0 Å². The lowest BCUT2D eigenvalue weighted by molar-refractivity contribution is 0.474. The minimum absolute atomic E-state index is 0.288. The third kappa shape index (κ3) is 5.79. The highest BCUT2D eigenvalue weighted by atomic mass is 16.3. The van der Waals surface area contributed by atoms with Gasteiger partial charge in [-0.2, -0.15) is 10.2 Å². The number of hydrogen-bond acceptors (Lipinski definition) is 7. The lowest BCUT2D eigenvalue weighted by Crippen LogP contribution is -2.32. The smallest absolute Gasteiger partial charge is 0.229 e. The van der Waals surface area contributed by atoms with Gasteiger partial charge < -0.3 is 20.6 Å². The van der Waals surface area contributed by atoms with E-state index in [4.69, 9.17) is 9.97 Å². The Bertz CT molecular complexity index is 1140. The molecule has 0 amide bonds. The van der Waals surface area contributed by atoms with Crippen LogP contribution < -0.4 is 15.5 Å². The summed E-state index contributed by atoms with van der Waals surface area (Å²) in [5, 5.41) is 25.7. The van der Waals surface area contributed by atoms with Crippen molar-refractivity contribution in [1.82, 2.24) is 15.3 Å². The molecule has 1 atom stereocenters. The second-order valence-corrected chi connectivity index (χ2v) is 8.54. The van der Waals surface area contributed by atoms with Crippen LogP contribution in [0.3, 0.4) is 0 Å². The quantitative estimate of drug-likeness (QED) is 0.475. The van der Waals surface area contributed by atoms with Gasteiger partial charge >= 0.3 is 0 Å². The van der Waals surface area contributed by atoms with Gasteiger partial charge in [0.2, 0.25) is 5.95 Å². The Labute approximate surface area is 195 Å². The molecule has 1 unspecified atom stereocenters. The molecule has 170 valence electrons. The number of aromatic hydroxyl groups is 1. The second-order valence-electron chi connectivity index (χ2n) is 8.54. The highest BCUT2D eigenvalue weighted by Crippen LogP contribution is 2.24. The van der Waals surface area contributed by atoms with Crippen molar-refractivity contribution < 1.29 is 5.11 Å². The largest absolute Gasteiger partial charge is 0.508 e. The van der Waals surface area contributed by atoms with E-state index < -0.39 is 0 Å². The number of benzene rings is 2. The van der Waals surface area contributed by atoms with Crippen molar-refractivity contribution in [1.29, 1.82) is 5.26 Å². The maximum Gasteiger partial charge on any atom is 0.229 e. The summed E-state index contributed by atoms with van der Waals surface area (Å²) in [5.41, 5.74) is 4.57. The van der Waals surface area contributed by atoms with Gasteiger partial charge in [0.15, 0.2) is 0 Å². The number of nitriles is 1. The third-order valence-electron chi connectivity index (χ3n) is 5.93. The van der Waals surface area contributed by atoms with Crippen LogP contribution in [0.2, 0.25) is 0 Å². The maximum atomic E-state index is 9.45. The SMILES string of the molecule is CCCc1cc(N2CCC(NCc3ccc(O)cc3)C2)nc(Nc2ccc(C)c(C#N)c2)n1.